The van der Waals surface area contributed by atoms with Gasteiger partial charge in [-0.05, 0) is 44.9 Å². The van der Waals surface area contributed by atoms with Crippen LogP contribution in [0.1, 0.15) is 34.6 Å². The number of amides is 2. The third-order valence-electron chi connectivity index (χ3n) is 4.35. The Morgan fingerprint density at radius 2 is 2.00 bits per heavy atom. The molecule has 0 radical (unpaired) electrons. The quantitative estimate of drug-likeness (QED) is 0.621. The molecule has 3 aromatic rings. The average molecular weight is 396 g/mol. The molecule has 8 nitrogen and oxygen atoms in total. The van der Waals surface area contributed by atoms with Crippen LogP contribution in [0.5, 0.6) is 0 Å². The standard InChI is InChI=1S/C19H20N6O2S/c1-11-9-12(2)25-18(20-11)23-24-19(25)28-10-16(26)22-15-6-4-3-5-14(15)17(27)21-13-7-8-13/h3-6,9,13H,7-8,10H2,1-2H3,(H,21,27)(H,22,26). The fraction of sp³-hybridized carbons (Fsp3) is 0.316. The Morgan fingerprint density at radius 1 is 1.21 bits per heavy atom. The van der Waals surface area contributed by atoms with E-state index in [1.54, 1.807) is 24.3 Å². The summed E-state index contributed by atoms with van der Waals surface area (Å²) in [7, 11) is 0. The number of fused-ring (bicyclic) bond motifs is 1. The summed E-state index contributed by atoms with van der Waals surface area (Å²) in [5, 5.41) is 14.6. The van der Waals surface area contributed by atoms with Gasteiger partial charge < -0.3 is 10.6 Å². The molecule has 0 spiro atoms. The Balaban J connectivity index is 1.44. The maximum Gasteiger partial charge on any atom is 0.256 e. The van der Waals surface area contributed by atoms with Gasteiger partial charge in [-0.3, -0.25) is 14.0 Å². The molecule has 1 fully saturated rings. The van der Waals surface area contributed by atoms with E-state index >= 15 is 0 Å². The van der Waals surface area contributed by atoms with Crippen molar-refractivity contribution in [2.45, 2.75) is 37.9 Å². The maximum absolute atomic E-state index is 12.5. The Hall–Kier alpha value is -2.94. The molecule has 1 aromatic carbocycles. The van der Waals surface area contributed by atoms with Gasteiger partial charge in [-0.25, -0.2) is 4.98 Å². The lowest BCUT2D eigenvalue weighted by Crippen LogP contribution is -2.27. The molecule has 2 amide bonds. The number of aryl methyl sites for hydroxylation is 2. The topological polar surface area (TPSA) is 101 Å². The maximum atomic E-state index is 12.5. The Morgan fingerprint density at radius 3 is 2.79 bits per heavy atom. The Bertz CT molecular complexity index is 1060. The van der Waals surface area contributed by atoms with E-state index in [0.717, 1.165) is 24.2 Å². The number of thioether (sulfide) groups is 1. The zero-order chi connectivity index (χ0) is 19.7. The van der Waals surface area contributed by atoms with E-state index in [2.05, 4.69) is 25.8 Å². The minimum absolute atomic E-state index is 0.146. The smallest absolute Gasteiger partial charge is 0.256 e. The van der Waals surface area contributed by atoms with E-state index in [4.69, 9.17) is 0 Å². The van der Waals surface area contributed by atoms with Gasteiger partial charge in [0.05, 0.1) is 17.0 Å². The van der Waals surface area contributed by atoms with Crippen LogP contribution in [0.25, 0.3) is 5.78 Å². The van der Waals surface area contributed by atoms with Crippen LogP contribution in [0, 0.1) is 13.8 Å². The van der Waals surface area contributed by atoms with Crippen molar-refractivity contribution in [3.05, 3.63) is 47.3 Å². The highest BCUT2D eigenvalue weighted by Gasteiger charge is 2.25. The van der Waals surface area contributed by atoms with Gasteiger partial charge in [0.1, 0.15) is 0 Å². The highest BCUT2D eigenvalue weighted by molar-refractivity contribution is 7.99. The van der Waals surface area contributed by atoms with Gasteiger partial charge in [0.25, 0.3) is 11.7 Å². The first-order chi connectivity index (χ1) is 13.5. The molecule has 0 atom stereocenters. The van der Waals surface area contributed by atoms with Crippen LogP contribution in [0.3, 0.4) is 0 Å². The number of nitrogens with one attached hydrogen (secondary N) is 2. The lowest BCUT2D eigenvalue weighted by Gasteiger charge is -2.11. The highest BCUT2D eigenvalue weighted by Crippen LogP contribution is 2.22. The third-order valence-corrected chi connectivity index (χ3v) is 5.28. The summed E-state index contributed by atoms with van der Waals surface area (Å²) in [4.78, 5) is 29.2. The molecule has 0 aliphatic heterocycles. The molecule has 28 heavy (non-hydrogen) atoms. The lowest BCUT2D eigenvalue weighted by atomic mass is 10.1. The highest BCUT2D eigenvalue weighted by atomic mass is 32.2. The number of hydrogen-bond acceptors (Lipinski definition) is 6. The van der Waals surface area contributed by atoms with E-state index in [9.17, 15) is 9.59 Å². The van der Waals surface area contributed by atoms with Crippen molar-refractivity contribution < 1.29 is 9.59 Å². The first-order valence-electron chi connectivity index (χ1n) is 9.03. The fourth-order valence-corrected chi connectivity index (χ4v) is 3.68. The molecule has 9 heteroatoms. The van der Waals surface area contributed by atoms with Gasteiger partial charge in [0.15, 0.2) is 5.16 Å². The zero-order valence-corrected chi connectivity index (χ0v) is 16.4. The van der Waals surface area contributed by atoms with E-state index < -0.39 is 0 Å². The summed E-state index contributed by atoms with van der Waals surface area (Å²) < 4.78 is 1.82. The number of nitrogens with zero attached hydrogens (tertiary/aromatic N) is 4. The molecule has 2 N–H and O–H groups in total. The Kier molecular flexibility index (Phi) is 4.99. The number of anilines is 1. The third kappa shape index (κ3) is 3.99. The summed E-state index contributed by atoms with van der Waals surface area (Å²) in [5.41, 5.74) is 2.80. The second-order valence-electron chi connectivity index (χ2n) is 6.79. The van der Waals surface area contributed by atoms with E-state index in [-0.39, 0.29) is 23.6 Å². The summed E-state index contributed by atoms with van der Waals surface area (Å²) in [5.74, 6) is 0.285. The van der Waals surface area contributed by atoms with Crippen molar-refractivity contribution in [3.8, 4) is 0 Å². The molecule has 1 saturated carbocycles. The largest absolute Gasteiger partial charge is 0.349 e. The number of aromatic nitrogens is 4. The number of rotatable bonds is 6. The van der Waals surface area contributed by atoms with E-state index in [1.165, 1.54) is 11.8 Å². The molecular formula is C19H20N6O2S. The monoisotopic (exact) mass is 396 g/mol. The zero-order valence-electron chi connectivity index (χ0n) is 15.6. The van der Waals surface area contributed by atoms with Gasteiger partial charge in [0.2, 0.25) is 5.91 Å². The molecule has 1 aliphatic rings. The fourth-order valence-electron chi connectivity index (χ4n) is 2.89. The van der Waals surface area contributed by atoms with Crippen LogP contribution in [-0.4, -0.2) is 43.2 Å². The summed E-state index contributed by atoms with van der Waals surface area (Å²) in [6.45, 7) is 3.85. The molecular weight excluding hydrogens is 376 g/mol. The van der Waals surface area contributed by atoms with Gasteiger partial charge in [-0.2, -0.15) is 0 Å². The van der Waals surface area contributed by atoms with Gasteiger partial charge in [-0.1, -0.05) is 23.9 Å². The summed E-state index contributed by atoms with van der Waals surface area (Å²) in [6, 6.07) is 9.22. The molecule has 144 valence electrons. The van der Waals surface area contributed by atoms with Gasteiger partial charge >= 0.3 is 0 Å². The number of carbonyl (C=O) groups is 2. The van der Waals surface area contributed by atoms with Crippen LogP contribution in [0.2, 0.25) is 0 Å². The second kappa shape index (κ2) is 7.59. The van der Waals surface area contributed by atoms with Crippen LogP contribution < -0.4 is 10.6 Å². The van der Waals surface area contributed by atoms with E-state index in [0.29, 0.717) is 22.2 Å². The van der Waals surface area contributed by atoms with Crippen molar-refractivity contribution in [2.24, 2.45) is 0 Å². The van der Waals surface area contributed by atoms with Gasteiger partial charge in [0, 0.05) is 17.4 Å². The first-order valence-corrected chi connectivity index (χ1v) is 10.0. The Labute approximate surface area is 166 Å². The first kappa shape index (κ1) is 18.4. The lowest BCUT2D eigenvalue weighted by molar-refractivity contribution is -0.113. The molecule has 2 aromatic heterocycles. The van der Waals surface area contributed by atoms with Crippen molar-refractivity contribution in [2.75, 3.05) is 11.1 Å². The number of para-hydroxylation sites is 1. The average Bonchev–Trinajstić information content (AvgIpc) is 3.37. The molecule has 0 unspecified atom stereocenters. The SMILES string of the molecule is Cc1cc(C)n2c(SCC(=O)Nc3ccccc3C(=O)NC3CC3)nnc2n1. The minimum Gasteiger partial charge on any atom is -0.349 e. The molecule has 0 bridgehead atoms. The predicted molar refractivity (Wildman–Crippen MR) is 107 cm³/mol. The van der Waals surface area contributed by atoms with Crippen molar-refractivity contribution in [1.82, 2.24) is 24.9 Å². The molecule has 1 aliphatic carbocycles. The molecule has 4 rings (SSSR count). The van der Waals surface area contributed by atoms with Crippen LogP contribution in [0.4, 0.5) is 5.69 Å². The number of benzene rings is 1. The minimum atomic E-state index is -0.217. The second-order valence-corrected chi connectivity index (χ2v) is 7.73. The number of hydrogen-bond donors (Lipinski definition) is 2. The van der Waals surface area contributed by atoms with E-state index in [1.807, 2.05) is 24.3 Å². The predicted octanol–water partition coefficient (Wildman–Crippen LogP) is 2.36. The van der Waals surface area contributed by atoms with Crippen molar-refractivity contribution >= 4 is 35.0 Å². The summed E-state index contributed by atoms with van der Waals surface area (Å²) in [6.07, 6.45) is 2.02. The number of carbonyl (C=O) groups excluding carboxylic acids is 2. The molecule has 2 heterocycles. The normalized spacial score (nSPS) is 13.5. The van der Waals surface area contributed by atoms with Gasteiger partial charge in [-0.15, -0.1) is 10.2 Å². The van der Waals surface area contributed by atoms with Crippen molar-refractivity contribution in [1.29, 1.82) is 0 Å². The summed E-state index contributed by atoms with van der Waals surface area (Å²) >= 11 is 1.28. The van der Waals surface area contributed by atoms with Crippen LogP contribution in [-0.2, 0) is 4.79 Å². The van der Waals surface area contributed by atoms with Crippen LogP contribution in [0.15, 0.2) is 35.5 Å². The molecule has 0 saturated heterocycles. The van der Waals surface area contributed by atoms with Crippen LogP contribution >= 0.6 is 11.8 Å². The van der Waals surface area contributed by atoms with Crippen molar-refractivity contribution in [3.63, 3.8) is 0 Å².